The van der Waals surface area contributed by atoms with E-state index in [9.17, 15) is 0 Å². The highest BCUT2D eigenvalue weighted by atomic mass is 32.1. The average Bonchev–Trinajstić information content (AvgIpc) is 3.69. The summed E-state index contributed by atoms with van der Waals surface area (Å²) in [4.78, 5) is 19.4. The number of aromatic nitrogens is 4. The summed E-state index contributed by atoms with van der Waals surface area (Å²) >= 11 is 1.89. The van der Waals surface area contributed by atoms with Crippen molar-refractivity contribution in [2.45, 2.75) is 133 Å². The Labute approximate surface area is 283 Å². The van der Waals surface area contributed by atoms with Gasteiger partial charge in [0.25, 0.3) is 0 Å². The van der Waals surface area contributed by atoms with Crippen LogP contribution in [0.25, 0.3) is 22.0 Å². The summed E-state index contributed by atoms with van der Waals surface area (Å²) < 4.78 is 5.62. The molecule has 254 valence electrons. The van der Waals surface area contributed by atoms with Crippen molar-refractivity contribution in [3.8, 4) is 0 Å². The van der Waals surface area contributed by atoms with Gasteiger partial charge in [-0.2, -0.15) is 0 Å². The number of nitrogens with zero attached hydrogens (tertiary/aromatic N) is 4. The van der Waals surface area contributed by atoms with E-state index in [-0.39, 0.29) is 16.2 Å². The van der Waals surface area contributed by atoms with Crippen LogP contribution in [0.5, 0.6) is 0 Å². The molecule has 0 unspecified atom stereocenters. The van der Waals surface area contributed by atoms with Crippen LogP contribution in [0.2, 0.25) is 0 Å². The predicted molar refractivity (Wildman–Crippen MR) is 201 cm³/mol. The number of pyridine rings is 2. The lowest BCUT2D eigenvalue weighted by molar-refractivity contribution is 0.411. The maximum atomic E-state index is 5.62. The van der Waals surface area contributed by atoms with Gasteiger partial charge in [0.2, 0.25) is 5.89 Å². The molecule has 0 aliphatic carbocycles. The number of para-hydroxylation sites is 2. The van der Waals surface area contributed by atoms with Crippen LogP contribution in [0.4, 0.5) is 0 Å². The molecule has 0 amide bonds. The van der Waals surface area contributed by atoms with E-state index in [1.54, 1.807) is 0 Å². The molecule has 0 atom stereocenters. The lowest BCUT2D eigenvalue weighted by atomic mass is 9.90. The van der Waals surface area contributed by atoms with Gasteiger partial charge in [0.05, 0.1) is 21.9 Å². The zero-order chi connectivity index (χ0) is 35.1. The van der Waals surface area contributed by atoms with Crippen molar-refractivity contribution in [3.63, 3.8) is 0 Å². The second-order valence-corrected chi connectivity index (χ2v) is 14.4. The molecule has 6 nitrogen and oxygen atoms in total. The molecule has 0 fully saturated rings. The van der Waals surface area contributed by atoms with Gasteiger partial charge in [0.15, 0.2) is 5.58 Å². The third-order valence-corrected chi connectivity index (χ3v) is 7.99. The van der Waals surface area contributed by atoms with Crippen molar-refractivity contribution in [3.05, 3.63) is 82.0 Å². The fourth-order valence-electron chi connectivity index (χ4n) is 4.19. The van der Waals surface area contributed by atoms with Gasteiger partial charge in [-0.3, -0.25) is 9.97 Å². The fourth-order valence-corrected chi connectivity index (χ4v) is 5.33. The van der Waals surface area contributed by atoms with Gasteiger partial charge in [0, 0.05) is 52.0 Å². The van der Waals surface area contributed by atoms with Crippen LogP contribution >= 0.6 is 11.3 Å². The number of hydrogen-bond donors (Lipinski definition) is 1. The summed E-state index contributed by atoms with van der Waals surface area (Å²) in [6, 6.07) is 13.9. The monoisotopic (exact) mass is 647 g/mol. The van der Waals surface area contributed by atoms with Crippen LogP contribution < -0.4 is 5.32 Å². The first kappa shape index (κ1) is 40.9. The molecule has 0 bridgehead atoms. The van der Waals surface area contributed by atoms with Crippen LogP contribution in [0.3, 0.4) is 0 Å². The zero-order valence-corrected chi connectivity index (χ0v) is 32.2. The number of hydrogen-bond acceptors (Lipinski definition) is 7. The summed E-state index contributed by atoms with van der Waals surface area (Å²) in [6.45, 7) is 33.5. The van der Waals surface area contributed by atoms with Crippen molar-refractivity contribution in [2.24, 2.45) is 0 Å². The van der Waals surface area contributed by atoms with Gasteiger partial charge in [-0.15, -0.1) is 11.3 Å². The minimum Gasteiger partial charge on any atom is -0.440 e. The fraction of sp³-hybridized carbons (Fsp3) is 0.538. The number of thiazole rings is 1. The topological polar surface area (TPSA) is 76.7 Å². The predicted octanol–water partition coefficient (Wildman–Crippen LogP) is 11.2. The number of oxazole rings is 1. The van der Waals surface area contributed by atoms with Crippen molar-refractivity contribution in [1.29, 1.82) is 0 Å². The van der Waals surface area contributed by atoms with Crippen LogP contribution in [-0.4, -0.2) is 26.5 Å². The van der Waals surface area contributed by atoms with Crippen LogP contribution in [-0.2, 0) is 29.2 Å². The van der Waals surface area contributed by atoms with Crippen molar-refractivity contribution in [1.82, 2.24) is 25.3 Å². The molecule has 5 heterocycles. The van der Waals surface area contributed by atoms with E-state index in [2.05, 4.69) is 93.6 Å². The Bertz CT molecular complexity index is 1500. The van der Waals surface area contributed by atoms with E-state index in [0.29, 0.717) is 0 Å². The summed E-state index contributed by atoms with van der Waals surface area (Å²) in [7, 11) is 0. The first-order valence-corrected chi connectivity index (χ1v) is 17.8. The lowest BCUT2D eigenvalue weighted by Gasteiger charge is -2.18. The van der Waals surface area contributed by atoms with E-state index in [0.717, 1.165) is 53.1 Å². The smallest absolute Gasteiger partial charge is 0.200 e. The number of rotatable bonds is 0. The van der Waals surface area contributed by atoms with E-state index in [1.807, 2.05) is 102 Å². The minimum absolute atomic E-state index is 0.0149. The normalized spacial score (nSPS) is 12.3. The average molecular weight is 648 g/mol. The maximum Gasteiger partial charge on any atom is 0.200 e. The van der Waals surface area contributed by atoms with Gasteiger partial charge in [-0.25, -0.2) is 9.97 Å². The van der Waals surface area contributed by atoms with Crippen molar-refractivity contribution in [2.75, 3.05) is 6.54 Å². The molecule has 0 saturated carbocycles. The molecule has 0 spiro atoms. The molecule has 0 saturated heterocycles. The Kier molecular flexibility index (Phi) is 16.7. The SMILES string of the molecule is CC.CC.CC.CC(C)(C)c1nc2c(s1)CCNC2.CC(C)(C)c1nc2ccccc2o1.CC(C)(C)c1nccc2cccnc12. The standard InChI is InChI=1S/C12H14N2.C11H13NO.C10H16N2S.3C2H6/c1-12(2,3)11-10-9(6-8-14-11)5-4-7-13-10;1-11(2,3)10-12-8-6-4-5-7-9(8)13-10;1-10(2,3)9-12-7-6-11-5-4-8(7)13-9;3*1-2/h4-8H,1-3H3;4-7H,1-3H3;11H,4-6H2,1-3H3;3*1-2H3. The third kappa shape index (κ3) is 11.9. The molecule has 0 radical (unpaired) electrons. The van der Waals surface area contributed by atoms with Crippen LogP contribution in [0.1, 0.15) is 131 Å². The van der Waals surface area contributed by atoms with E-state index >= 15 is 0 Å². The van der Waals surface area contributed by atoms with Gasteiger partial charge < -0.3 is 9.73 Å². The third-order valence-electron chi connectivity index (χ3n) is 6.41. The second kappa shape index (κ2) is 18.9. The minimum atomic E-state index is -0.0149. The molecule has 46 heavy (non-hydrogen) atoms. The molecular weight excluding hydrogens is 587 g/mol. The largest absolute Gasteiger partial charge is 0.440 e. The van der Waals surface area contributed by atoms with E-state index in [1.165, 1.54) is 15.6 Å². The number of benzene rings is 1. The highest BCUT2D eigenvalue weighted by Gasteiger charge is 2.23. The molecular formula is C39H61N5OS. The number of nitrogens with one attached hydrogen (secondary N) is 1. The Morgan fingerprint density at radius 3 is 1.91 bits per heavy atom. The lowest BCUT2D eigenvalue weighted by Crippen LogP contribution is -2.22. The summed E-state index contributed by atoms with van der Waals surface area (Å²) in [5.41, 5.74) is 5.41. The highest BCUT2D eigenvalue weighted by Crippen LogP contribution is 2.31. The quantitative estimate of drug-likeness (QED) is 0.180. The van der Waals surface area contributed by atoms with Gasteiger partial charge in [-0.05, 0) is 30.7 Å². The first-order valence-electron chi connectivity index (χ1n) is 17.0. The Morgan fingerprint density at radius 1 is 0.696 bits per heavy atom. The summed E-state index contributed by atoms with van der Waals surface area (Å²) in [5, 5.41) is 5.79. The molecule has 1 N–H and O–H groups in total. The maximum absolute atomic E-state index is 5.62. The summed E-state index contributed by atoms with van der Waals surface area (Å²) in [5.74, 6) is 0.800. The van der Waals surface area contributed by atoms with Crippen molar-refractivity contribution < 1.29 is 4.42 Å². The Balaban J connectivity index is 0.000000319. The number of fused-ring (bicyclic) bond motifs is 3. The van der Waals surface area contributed by atoms with Crippen molar-refractivity contribution >= 4 is 33.3 Å². The molecule has 4 aromatic heterocycles. The zero-order valence-electron chi connectivity index (χ0n) is 31.4. The molecule has 5 aromatic rings. The van der Waals surface area contributed by atoms with Crippen LogP contribution in [0.15, 0.2) is 59.3 Å². The second-order valence-electron chi connectivity index (χ2n) is 13.3. The van der Waals surface area contributed by atoms with E-state index in [4.69, 9.17) is 4.42 Å². The van der Waals surface area contributed by atoms with Gasteiger partial charge >= 0.3 is 0 Å². The van der Waals surface area contributed by atoms with Gasteiger partial charge in [-0.1, -0.05) is 122 Å². The molecule has 7 heteroatoms. The van der Waals surface area contributed by atoms with E-state index < -0.39 is 0 Å². The summed E-state index contributed by atoms with van der Waals surface area (Å²) in [6.07, 6.45) is 4.83. The van der Waals surface area contributed by atoms with Crippen LogP contribution in [0, 0.1) is 0 Å². The Hall–Kier alpha value is -3.16. The molecule has 1 aliphatic rings. The Morgan fingerprint density at radius 2 is 1.35 bits per heavy atom. The molecule has 1 aromatic carbocycles. The highest BCUT2D eigenvalue weighted by molar-refractivity contribution is 7.11. The van der Waals surface area contributed by atoms with Gasteiger partial charge in [0.1, 0.15) is 5.52 Å². The molecule has 1 aliphatic heterocycles. The molecule has 6 rings (SSSR count). The first-order chi connectivity index (χ1) is 21.7.